The van der Waals surface area contributed by atoms with Gasteiger partial charge in [-0.3, -0.25) is 0 Å². The molecule has 0 radical (unpaired) electrons. The molecular weight excluding hydrogens is 158 g/mol. The van der Waals surface area contributed by atoms with Gasteiger partial charge in [0.05, 0.1) is 0 Å². The van der Waals surface area contributed by atoms with E-state index in [4.69, 9.17) is 0 Å². The van der Waals surface area contributed by atoms with Gasteiger partial charge in [-0.05, 0) is 38.3 Å². The van der Waals surface area contributed by atoms with Gasteiger partial charge < -0.3 is 4.90 Å². The predicted octanol–water partition coefficient (Wildman–Crippen LogP) is 3.56. The van der Waals surface area contributed by atoms with Crippen LogP contribution in [0.5, 0.6) is 0 Å². The molecule has 1 atom stereocenters. The number of allylic oxidation sites excluding steroid dienone is 1. The van der Waals surface area contributed by atoms with Crippen LogP contribution in [0, 0.1) is 0 Å². The van der Waals surface area contributed by atoms with E-state index < -0.39 is 0 Å². The van der Waals surface area contributed by atoms with E-state index in [1.54, 1.807) is 0 Å². The van der Waals surface area contributed by atoms with Gasteiger partial charge in [0.2, 0.25) is 0 Å². The highest BCUT2D eigenvalue weighted by Gasteiger charge is 2.17. The van der Waals surface area contributed by atoms with Crippen molar-refractivity contribution in [3.63, 3.8) is 0 Å². The zero-order valence-corrected chi connectivity index (χ0v) is 9.13. The number of likely N-dealkylation sites (tertiary alicyclic amines) is 1. The van der Waals surface area contributed by atoms with E-state index in [1.165, 1.54) is 38.6 Å². The molecule has 13 heavy (non-hydrogen) atoms. The number of hydrogen-bond donors (Lipinski definition) is 0. The maximum atomic E-state index is 2.55. The molecule has 1 rings (SSSR count). The van der Waals surface area contributed by atoms with E-state index in [1.807, 2.05) is 0 Å². The Balaban J connectivity index is 2.41. The van der Waals surface area contributed by atoms with Gasteiger partial charge in [0.1, 0.15) is 0 Å². The van der Waals surface area contributed by atoms with Crippen molar-refractivity contribution in [2.24, 2.45) is 0 Å². The van der Waals surface area contributed by atoms with Crippen molar-refractivity contribution in [1.29, 1.82) is 0 Å². The molecule has 0 spiro atoms. The zero-order valence-electron chi connectivity index (χ0n) is 9.13. The average Bonchev–Trinajstić information content (AvgIpc) is 2.17. The molecule has 0 bridgehead atoms. The first-order valence-corrected chi connectivity index (χ1v) is 5.80. The van der Waals surface area contributed by atoms with Crippen LogP contribution in [0.1, 0.15) is 52.4 Å². The quantitative estimate of drug-likeness (QED) is 0.641. The Hall–Kier alpha value is -0.460. The number of hydrogen-bond acceptors (Lipinski definition) is 1. The van der Waals surface area contributed by atoms with Crippen molar-refractivity contribution in [2.75, 3.05) is 6.54 Å². The second kappa shape index (κ2) is 6.06. The molecule has 1 saturated heterocycles. The van der Waals surface area contributed by atoms with Gasteiger partial charge in [-0.25, -0.2) is 0 Å². The van der Waals surface area contributed by atoms with Crippen LogP contribution in [0.15, 0.2) is 12.3 Å². The summed E-state index contributed by atoms with van der Waals surface area (Å²) < 4.78 is 0. The van der Waals surface area contributed by atoms with E-state index in [0.29, 0.717) is 0 Å². The first-order chi connectivity index (χ1) is 6.38. The average molecular weight is 181 g/mol. The van der Waals surface area contributed by atoms with Crippen LogP contribution in [-0.2, 0) is 0 Å². The summed E-state index contributed by atoms with van der Waals surface area (Å²) in [4.78, 5) is 2.55. The highest BCUT2D eigenvalue weighted by molar-refractivity contribution is 4.88. The molecule has 0 aromatic carbocycles. The SMILES string of the molecule is CCC=CN1CCCCC1CCC. The normalized spacial score (nSPS) is 24.2. The summed E-state index contributed by atoms with van der Waals surface area (Å²) in [7, 11) is 0. The third-order valence-electron chi connectivity index (χ3n) is 2.83. The van der Waals surface area contributed by atoms with Crippen molar-refractivity contribution in [3.8, 4) is 0 Å². The minimum Gasteiger partial charge on any atom is -0.375 e. The van der Waals surface area contributed by atoms with Gasteiger partial charge in [-0.1, -0.05) is 26.3 Å². The van der Waals surface area contributed by atoms with E-state index in [-0.39, 0.29) is 0 Å². The Kier molecular flexibility index (Phi) is 4.95. The van der Waals surface area contributed by atoms with Crippen LogP contribution in [-0.4, -0.2) is 17.5 Å². The first-order valence-electron chi connectivity index (χ1n) is 5.80. The standard InChI is InChI=1S/C12H23N/c1-3-5-10-13-11-7-6-9-12(13)8-4-2/h5,10,12H,3-4,6-9,11H2,1-2H3. The van der Waals surface area contributed by atoms with Gasteiger partial charge in [-0.15, -0.1) is 0 Å². The Morgan fingerprint density at radius 2 is 2.15 bits per heavy atom. The van der Waals surface area contributed by atoms with Crippen LogP contribution >= 0.6 is 0 Å². The molecule has 1 fully saturated rings. The second-order valence-corrected chi connectivity index (χ2v) is 3.97. The lowest BCUT2D eigenvalue weighted by Gasteiger charge is -2.34. The number of rotatable bonds is 4. The van der Waals surface area contributed by atoms with Crippen LogP contribution < -0.4 is 0 Å². The highest BCUT2D eigenvalue weighted by atomic mass is 15.1. The maximum Gasteiger partial charge on any atom is 0.0284 e. The molecule has 1 aliphatic rings. The highest BCUT2D eigenvalue weighted by Crippen LogP contribution is 2.20. The van der Waals surface area contributed by atoms with Crippen LogP contribution in [0.3, 0.4) is 0 Å². The molecule has 1 unspecified atom stereocenters. The summed E-state index contributed by atoms with van der Waals surface area (Å²) in [6, 6.07) is 0.835. The second-order valence-electron chi connectivity index (χ2n) is 3.97. The predicted molar refractivity (Wildman–Crippen MR) is 58.7 cm³/mol. The molecule has 1 heterocycles. The van der Waals surface area contributed by atoms with E-state index in [0.717, 1.165) is 12.5 Å². The fraction of sp³-hybridized carbons (Fsp3) is 0.833. The van der Waals surface area contributed by atoms with Crippen molar-refractivity contribution in [1.82, 2.24) is 4.90 Å². The van der Waals surface area contributed by atoms with Crippen molar-refractivity contribution in [2.45, 2.75) is 58.4 Å². The largest absolute Gasteiger partial charge is 0.375 e. The Labute approximate surface area is 82.8 Å². The lowest BCUT2D eigenvalue weighted by molar-refractivity contribution is 0.201. The Bertz CT molecular complexity index is 149. The maximum absolute atomic E-state index is 2.55. The van der Waals surface area contributed by atoms with Gasteiger partial charge in [0, 0.05) is 12.6 Å². The van der Waals surface area contributed by atoms with Gasteiger partial charge >= 0.3 is 0 Å². The minimum absolute atomic E-state index is 0.835. The summed E-state index contributed by atoms with van der Waals surface area (Å²) in [5.74, 6) is 0. The number of nitrogens with zero attached hydrogens (tertiary/aromatic N) is 1. The van der Waals surface area contributed by atoms with Crippen molar-refractivity contribution < 1.29 is 0 Å². The topological polar surface area (TPSA) is 3.24 Å². The fourth-order valence-corrected chi connectivity index (χ4v) is 2.10. The third-order valence-corrected chi connectivity index (χ3v) is 2.83. The Morgan fingerprint density at radius 3 is 2.85 bits per heavy atom. The van der Waals surface area contributed by atoms with E-state index >= 15 is 0 Å². The molecule has 1 aliphatic heterocycles. The summed E-state index contributed by atoms with van der Waals surface area (Å²) in [5, 5.41) is 0. The first kappa shape index (κ1) is 10.6. The van der Waals surface area contributed by atoms with Crippen molar-refractivity contribution in [3.05, 3.63) is 12.3 Å². The van der Waals surface area contributed by atoms with E-state index in [2.05, 4.69) is 31.0 Å². The Morgan fingerprint density at radius 1 is 1.31 bits per heavy atom. The molecule has 76 valence electrons. The molecule has 1 nitrogen and oxygen atoms in total. The number of piperidine rings is 1. The minimum atomic E-state index is 0.835. The van der Waals surface area contributed by atoms with Gasteiger partial charge in [0.25, 0.3) is 0 Å². The van der Waals surface area contributed by atoms with Gasteiger partial charge in [-0.2, -0.15) is 0 Å². The molecule has 1 heteroatoms. The summed E-state index contributed by atoms with van der Waals surface area (Å²) in [6.07, 6.45) is 12.7. The summed E-state index contributed by atoms with van der Waals surface area (Å²) in [5.41, 5.74) is 0. The van der Waals surface area contributed by atoms with Crippen LogP contribution in [0.2, 0.25) is 0 Å². The summed E-state index contributed by atoms with van der Waals surface area (Å²) >= 11 is 0. The monoisotopic (exact) mass is 181 g/mol. The zero-order chi connectivity index (χ0) is 9.52. The van der Waals surface area contributed by atoms with Crippen molar-refractivity contribution >= 4 is 0 Å². The van der Waals surface area contributed by atoms with Gasteiger partial charge in [0.15, 0.2) is 0 Å². The van der Waals surface area contributed by atoms with Crippen LogP contribution in [0.25, 0.3) is 0 Å². The summed E-state index contributed by atoms with van der Waals surface area (Å²) in [6.45, 7) is 5.77. The fourth-order valence-electron chi connectivity index (χ4n) is 2.10. The molecule has 0 saturated carbocycles. The van der Waals surface area contributed by atoms with Crippen LogP contribution in [0.4, 0.5) is 0 Å². The molecule has 0 aliphatic carbocycles. The third kappa shape index (κ3) is 3.41. The van der Waals surface area contributed by atoms with E-state index in [9.17, 15) is 0 Å². The smallest absolute Gasteiger partial charge is 0.0284 e. The molecular formula is C12H23N. The lowest BCUT2D eigenvalue weighted by Crippen LogP contribution is -2.35. The molecule has 0 N–H and O–H groups in total. The lowest BCUT2D eigenvalue weighted by atomic mass is 9.99. The molecule has 0 aromatic rings. The molecule has 0 amide bonds. The molecule has 0 aromatic heterocycles.